The van der Waals surface area contributed by atoms with Crippen molar-refractivity contribution in [2.45, 2.75) is 32.1 Å². The lowest BCUT2D eigenvalue weighted by Gasteiger charge is -2.31. The van der Waals surface area contributed by atoms with Gasteiger partial charge in [-0.1, -0.05) is 53.3 Å². The minimum Gasteiger partial charge on any atom is -0.339 e. The molecule has 166 valence electrons. The van der Waals surface area contributed by atoms with E-state index in [0.717, 1.165) is 24.3 Å². The zero-order chi connectivity index (χ0) is 22.3. The van der Waals surface area contributed by atoms with E-state index in [4.69, 9.17) is 11.6 Å². The monoisotopic (exact) mass is 468 g/mol. The number of amides is 2. The van der Waals surface area contributed by atoms with Gasteiger partial charge in [0.2, 0.25) is 11.0 Å². The number of carbonyl (C=O) groups excluding carboxylic acids is 2. The van der Waals surface area contributed by atoms with Gasteiger partial charge in [0.1, 0.15) is 5.01 Å². The van der Waals surface area contributed by atoms with Gasteiger partial charge in [-0.15, -0.1) is 10.2 Å². The van der Waals surface area contributed by atoms with Crippen molar-refractivity contribution in [3.63, 3.8) is 0 Å². The Bertz CT molecular complexity index is 1050. The van der Waals surface area contributed by atoms with Crippen molar-refractivity contribution in [2.75, 3.05) is 18.4 Å². The highest BCUT2D eigenvalue weighted by Crippen LogP contribution is 2.23. The first kappa shape index (κ1) is 22.4. The third kappa shape index (κ3) is 5.93. The highest BCUT2D eigenvalue weighted by Gasteiger charge is 2.28. The third-order valence-corrected chi connectivity index (χ3v) is 6.79. The molecular formula is C24H25ClN4O2S. The summed E-state index contributed by atoms with van der Waals surface area (Å²) in [6.07, 6.45) is 4.09. The van der Waals surface area contributed by atoms with Gasteiger partial charge in [-0.3, -0.25) is 9.59 Å². The van der Waals surface area contributed by atoms with Crippen molar-refractivity contribution in [2.24, 2.45) is 5.92 Å². The number of aromatic nitrogens is 2. The summed E-state index contributed by atoms with van der Waals surface area (Å²) in [7, 11) is 0. The molecule has 2 amide bonds. The van der Waals surface area contributed by atoms with Gasteiger partial charge in [0.25, 0.3) is 5.91 Å². The van der Waals surface area contributed by atoms with E-state index in [1.54, 1.807) is 29.2 Å². The Labute approximate surface area is 196 Å². The average molecular weight is 469 g/mol. The molecule has 0 unspecified atom stereocenters. The first-order valence-electron chi connectivity index (χ1n) is 10.8. The quantitative estimate of drug-likeness (QED) is 0.537. The normalized spacial score (nSPS) is 14.3. The van der Waals surface area contributed by atoms with Crippen molar-refractivity contribution in [3.05, 3.63) is 75.8 Å². The summed E-state index contributed by atoms with van der Waals surface area (Å²) in [5.41, 5.74) is 1.93. The zero-order valence-corrected chi connectivity index (χ0v) is 19.2. The molecule has 1 N–H and O–H groups in total. The fraction of sp³-hybridized carbons (Fsp3) is 0.333. The number of rotatable bonds is 7. The average Bonchev–Trinajstić information content (AvgIpc) is 3.27. The predicted molar refractivity (Wildman–Crippen MR) is 127 cm³/mol. The summed E-state index contributed by atoms with van der Waals surface area (Å²) in [4.78, 5) is 27.1. The number of piperidine rings is 1. The first-order chi connectivity index (χ1) is 15.6. The number of nitrogens with one attached hydrogen (secondary N) is 1. The molecule has 32 heavy (non-hydrogen) atoms. The molecule has 4 rings (SSSR count). The number of anilines is 1. The van der Waals surface area contributed by atoms with Crippen LogP contribution >= 0.6 is 22.9 Å². The van der Waals surface area contributed by atoms with E-state index < -0.39 is 0 Å². The van der Waals surface area contributed by atoms with E-state index in [1.165, 1.54) is 16.9 Å². The molecule has 0 aliphatic carbocycles. The summed E-state index contributed by atoms with van der Waals surface area (Å²) >= 11 is 7.33. The van der Waals surface area contributed by atoms with E-state index in [0.29, 0.717) is 41.6 Å². The molecule has 2 heterocycles. The lowest BCUT2D eigenvalue weighted by Crippen LogP contribution is -2.41. The molecule has 0 radical (unpaired) electrons. The van der Waals surface area contributed by atoms with Crippen LogP contribution in [0.5, 0.6) is 0 Å². The maximum absolute atomic E-state index is 12.7. The first-order valence-corrected chi connectivity index (χ1v) is 12.0. The van der Waals surface area contributed by atoms with Crippen LogP contribution in [0.2, 0.25) is 5.02 Å². The Hall–Kier alpha value is -2.77. The summed E-state index contributed by atoms with van der Waals surface area (Å²) in [5.74, 6) is -0.199. The predicted octanol–water partition coefficient (Wildman–Crippen LogP) is 4.86. The van der Waals surface area contributed by atoms with Crippen LogP contribution < -0.4 is 5.32 Å². The van der Waals surface area contributed by atoms with Crippen LogP contribution in [0, 0.1) is 5.92 Å². The Kier molecular flexibility index (Phi) is 7.50. The van der Waals surface area contributed by atoms with Crippen LogP contribution in [-0.2, 0) is 17.6 Å². The molecule has 3 aromatic rings. The summed E-state index contributed by atoms with van der Waals surface area (Å²) in [6, 6.07) is 17.3. The van der Waals surface area contributed by atoms with E-state index in [9.17, 15) is 9.59 Å². The second kappa shape index (κ2) is 10.7. The molecule has 1 aromatic heterocycles. The Morgan fingerprint density at radius 2 is 1.72 bits per heavy atom. The van der Waals surface area contributed by atoms with E-state index in [2.05, 4.69) is 27.6 Å². The van der Waals surface area contributed by atoms with Gasteiger partial charge in [0.15, 0.2) is 0 Å². The molecule has 8 heteroatoms. The molecule has 0 saturated carbocycles. The number of hydrogen-bond acceptors (Lipinski definition) is 5. The Morgan fingerprint density at radius 1 is 1.00 bits per heavy atom. The lowest BCUT2D eigenvalue weighted by atomic mass is 9.95. The van der Waals surface area contributed by atoms with Gasteiger partial charge in [-0.2, -0.15) is 0 Å². The molecule has 2 aromatic carbocycles. The third-order valence-electron chi connectivity index (χ3n) is 5.64. The van der Waals surface area contributed by atoms with Crippen LogP contribution in [0.4, 0.5) is 5.13 Å². The number of aryl methyl sites for hydroxylation is 2. The van der Waals surface area contributed by atoms with Crippen molar-refractivity contribution >= 4 is 39.9 Å². The Morgan fingerprint density at radius 3 is 2.44 bits per heavy atom. The smallest absolute Gasteiger partial charge is 0.253 e. The molecule has 1 aliphatic heterocycles. The molecule has 0 bridgehead atoms. The fourth-order valence-corrected chi connectivity index (χ4v) is 4.73. The molecule has 1 fully saturated rings. The Balaban J connectivity index is 1.22. The van der Waals surface area contributed by atoms with Crippen molar-refractivity contribution in [3.8, 4) is 0 Å². The highest BCUT2D eigenvalue weighted by atomic mass is 35.5. The maximum Gasteiger partial charge on any atom is 0.253 e. The second-order valence-electron chi connectivity index (χ2n) is 7.90. The standard InChI is InChI=1S/C24H25ClN4O2S/c25-20-11-9-19(10-12-20)23(31)29-15-13-18(14-16-29)22(30)26-24-28-27-21(32-24)8-4-7-17-5-2-1-3-6-17/h1-3,5-6,9-12,18H,4,7-8,13-16H2,(H,26,28,30). The van der Waals surface area contributed by atoms with Gasteiger partial charge in [-0.25, -0.2) is 0 Å². The fourth-order valence-electron chi connectivity index (χ4n) is 3.82. The van der Waals surface area contributed by atoms with Gasteiger partial charge < -0.3 is 10.2 Å². The van der Waals surface area contributed by atoms with E-state index >= 15 is 0 Å². The lowest BCUT2D eigenvalue weighted by molar-refractivity contribution is -0.121. The number of nitrogens with zero attached hydrogens (tertiary/aromatic N) is 3. The highest BCUT2D eigenvalue weighted by molar-refractivity contribution is 7.15. The topological polar surface area (TPSA) is 75.2 Å². The number of benzene rings is 2. The summed E-state index contributed by atoms with van der Waals surface area (Å²) in [6.45, 7) is 1.11. The van der Waals surface area contributed by atoms with Gasteiger partial charge >= 0.3 is 0 Å². The summed E-state index contributed by atoms with van der Waals surface area (Å²) in [5, 5.41) is 13.3. The van der Waals surface area contributed by atoms with Gasteiger partial charge in [-0.05, 0) is 55.5 Å². The zero-order valence-electron chi connectivity index (χ0n) is 17.7. The van der Waals surface area contributed by atoms with Crippen LogP contribution in [-0.4, -0.2) is 40.0 Å². The molecule has 0 spiro atoms. The molecule has 6 nitrogen and oxygen atoms in total. The number of halogens is 1. The number of hydrogen-bond donors (Lipinski definition) is 1. The molecule has 1 saturated heterocycles. The number of carbonyl (C=O) groups is 2. The van der Waals surface area contributed by atoms with E-state index in [1.807, 2.05) is 18.2 Å². The molecule has 1 aliphatic rings. The van der Waals surface area contributed by atoms with Gasteiger partial charge in [0.05, 0.1) is 0 Å². The van der Waals surface area contributed by atoms with Gasteiger partial charge in [0, 0.05) is 36.0 Å². The SMILES string of the molecule is O=C(Nc1nnc(CCCc2ccccc2)s1)C1CCN(C(=O)c2ccc(Cl)cc2)CC1. The summed E-state index contributed by atoms with van der Waals surface area (Å²) < 4.78 is 0. The maximum atomic E-state index is 12.7. The minimum absolute atomic E-state index is 0.0233. The van der Waals surface area contributed by atoms with Crippen molar-refractivity contribution < 1.29 is 9.59 Å². The second-order valence-corrected chi connectivity index (χ2v) is 9.40. The van der Waals surface area contributed by atoms with Crippen LogP contribution in [0.3, 0.4) is 0 Å². The largest absolute Gasteiger partial charge is 0.339 e. The van der Waals surface area contributed by atoms with Crippen molar-refractivity contribution in [1.29, 1.82) is 0 Å². The van der Waals surface area contributed by atoms with Crippen molar-refractivity contribution in [1.82, 2.24) is 15.1 Å². The molecular weight excluding hydrogens is 444 g/mol. The van der Waals surface area contributed by atoms with E-state index in [-0.39, 0.29) is 17.7 Å². The van der Waals surface area contributed by atoms with Crippen LogP contribution in [0.15, 0.2) is 54.6 Å². The van der Waals surface area contributed by atoms with Crippen LogP contribution in [0.25, 0.3) is 0 Å². The number of likely N-dealkylation sites (tertiary alicyclic amines) is 1. The molecule has 0 atom stereocenters. The van der Waals surface area contributed by atoms with Crippen LogP contribution in [0.1, 0.15) is 40.2 Å². The minimum atomic E-state index is -0.130.